The van der Waals surface area contributed by atoms with Gasteiger partial charge in [-0.2, -0.15) is 4.98 Å². The predicted molar refractivity (Wildman–Crippen MR) is 92.3 cm³/mol. The normalized spacial score (nSPS) is 17.6. The minimum Gasteiger partial charge on any atom is -0.472 e. The van der Waals surface area contributed by atoms with Gasteiger partial charge in [-0.15, -0.1) is 11.8 Å². The van der Waals surface area contributed by atoms with E-state index in [0.29, 0.717) is 23.8 Å². The van der Waals surface area contributed by atoms with E-state index in [1.54, 1.807) is 24.5 Å². The third-order valence-corrected chi connectivity index (χ3v) is 4.61. The lowest BCUT2D eigenvalue weighted by atomic mass is 10.1. The van der Waals surface area contributed by atoms with Crippen LogP contribution >= 0.6 is 11.8 Å². The van der Waals surface area contributed by atoms with Gasteiger partial charge < -0.3 is 9.64 Å². The Kier molecular flexibility index (Phi) is 5.30. The fourth-order valence-electron chi connectivity index (χ4n) is 2.78. The number of aromatic nitrogens is 3. The Morgan fingerprint density at radius 1 is 1.33 bits per heavy atom. The van der Waals surface area contributed by atoms with Crippen LogP contribution in [0.3, 0.4) is 0 Å². The largest absolute Gasteiger partial charge is 0.472 e. The number of nitrogens with zero attached hydrogens (tertiary/aromatic N) is 4. The summed E-state index contributed by atoms with van der Waals surface area (Å²) in [7, 11) is 0. The molecule has 1 aliphatic rings. The van der Waals surface area contributed by atoms with Crippen molar-refractivity contribution < 1.29 is 9.53 Å². The molecule has 1 aliphatic heterocycles. The van der Waals surface area contributed by atoms with Gasteiger partial charge in [-0.1, -0.05) is 0 Å². The van der Waals surface area contributed by atoms with Crippen LogP contribution in [0.25, 0.3) is 0 Å². The number of aryl methyl sites for hydroxylation is 1. The van der Waals surface area contributed by atoms with Gasteiger partial charge in [-0.3, -0.25) is 4.79 Å². The second-order valence-electron chi connectivity index (χ2n) is 5.64. The first kappa shape index (κ1) is 16.7. The minimum absolute atomic E-state index is 0.0135. The molecule has 0 unspecified atom stereocenters. The van der Waals surface area contributed by atoms with Gasteiger partial charge in [-0.05, 0) is 38.2 Å². The quantitative estimate of drug-likeness (QED) is 0.794. The Bertz CT molecular complexity index is 725. The van der Waals surface area contributed by atoms with Gasteiger partial charge in [0.2, 0.25) is 5.88 Å². The minimum atomic E-state index is -0.0496. The van der Waals surface area contributed by atoms with E-state index in [1.807, 2.05) is 24.1 Å². The molecule has 0 N–H and O–H groups in total. The zero-order chi connectivity index (χ0) is 16.9. The highest BCUT2D eigenvalue weighted by atomic mass is 32.2. The molecular formula is C17H20N4O2S. The maximum atomic E-state index is 12.8. The van der Waals surface area contributed by atoms with E-state index in [0.717, 1.165) is 24.4 Å². The fourth-order valence-corrected chi connectivity index (χ4v) is 3.32. The first-order valence-electron chi connectivity index (χ1n) is 7.92. The molecular weight excluding hydrogens is 324 g/mol. The molecule has 7 heteroatoms. The molecule has 1 fully saturated rings. The maximum absolute atomic E-state index is 12.8. The molecule has 1 amide bonds. The van der Waals surface area contributed by atoms with Crippen molar-refractivity contribution in [1.82, 2.24) is 19.9 Å². The van der Waals surface area contributed by atoms with Gasteiger partial charge in [0.15, 0.2) is 0 Å². The highest BCUT2D eigenvalue weighted by Crippen LogP contribution is 2.22. The average Bonchev–Trinajstić information content (AvgIpc) is 2.61. The topological polar surface area (TPSA) is 68.2 Å². The van der Waals surface area contributed by atoms with E-state index in [-0.39, 0.29) is 12.0 Å². The second-order valence-corrected chi connectivity index (χ2v) is 6.43. The van der Waals surface area contributed by atoms with Crippen molar-refractivity contribution in [2.24, 2.45) is 0 Å². The molecule has 24 heavy (non-hydrogen) atoms. The van der Waals surface area contributed by atoms with E-state index in [1.165, 1.54) is 11.8 Å². The highest BCUT2D eigenvalue weighted by Gasteiger charge is 2.27. The van der Waals surface area contributed by atoms with E-state index < -0.39 is 0 Å². The summed E-state index contributed by atoms with van der Waals surface area (Å²) in [6.45, 7) is 3.13. The summed E-state index contributed by atoms with van der Waals surface area (Å²) in [5, 5.41) is 0.761. The van der Waals surface area contributed by atoms with Crippen LogP contribution in [0.2, 0.25) is 0 Å². The molecule has 0 aliphatic carbocycles. The van der Waals surface area contributed by atoms with Crippen molar-refractivity contribution in [2.75, 3.05) is 19.3 Å². The molecule has 0 aromatic carbocycles. The molecule has 126 valence electrons. The number of hydrogen-bond acceptors (Lipinski definition) is 6. The smallest absolute Gasteiger partial charge is 0.256 e. The van der Waals surface area contributed by atoms with E-state index in [9.17, 15) is 4.79 Å². The molecule has 3 rings (SSSR count). The standard InChI is InChI=1S/C17H20N4O2S/c1-12-18-9-7-15(20-12)23-13-5-4-10-21(11-13)17(22)14-6-3-8-19-16(14)24-2/h3,6-9,13H,4-5,10-11H2,1-2H3/t13-/m0/s1. The number of hydrogen-bond donors (Lipinski definition) is 0. The molecule has 1 saturated heterocycles. The Morgan fingerprint density at radius 3 is 3.00 bits per heavy atom. The molecule has 2 aromatic rings. The van der Waals surface area contributed by atoms with Crippen molar-refractivity contribution >= 4 is 17.7 Å². The number of amides is 1. The van der Waals surface area contributed by atoms with Gasteiger partial charge in [0.25, 0.3) is 5.91 Å². The number of rotatable bonds is 4. The van der Waals surface area contributed by atoms with E-state index in [2.05, 4.69) is 15.0 Å². The number of piperidine rings is 1. The zero-order valence-electron chi connectivity index (χ0n) is 13.8. The van der Waals surface area contributed by atoms with Crippen molar-refractivity contribution in [1.29, 1.82) is 0 Å². The molecule has 2 aromatic heterocycles. The summed E-state index contributed by atoms with van der Waals surface area (Å²) in [6, 6.07) is 5.38. The van der Waals surface area contributed by atoms with Crippen LogP contribution in [-0.2, 0) is 0 Å². The Hall–Kier alpha value is -2.15. The lowest BCUT2D eigenvalue weighted by molar-refractivity contribution is 0.0523. The number of ether oxygens (including phenoxy) is 1. The molecule has 0 bridgehead atoms. The van der Waals surface area contributed by atoms with E-state index >= 15 is 0 Å². The molecule has 1 atom stereocenters. The first-order valence-corrected chi connectivity index (χ1v) is 9.14. The molecule has 0 saturated carbocycles. The molecule has 3 heterocycles. The van der Waals surface area contributed by atoms with Crippen molar-refractivity contribution in [3.63, 3.8) is 0 Å². The molecule has 0 spiro atoms. The average molecular weight is 344 g/mol. The summed E-state index contributed by atoms with van der Waals surface area (Å²) in [5.41, 5.74) is 0.656. The van der Waals surface area contributed by atoms with Gasteiger partial charge in [0.1, 0.15) is 17.0 Å². The zero-order valence-corrected chi connectivity index (χ0v) is 14.6. The monoisotopic (exact) mass is 344 g/mol. The molecule has 0 radical (unpaired) electrons. The second kappa shape index (κ2) is 7.61. The lowest BCUT2D eigenvalue weighted by Crippen LogP contribution is -2.44. The fraction of sp³-hybridized carbons (Fsp3) is 0.412. The van der Waals surface area contributed by atoms with Crippen LogP contribution < -0.4 is 4.74 Å². The maximum Gasteiger partial charge on any atom is 0.256 e. The SMILES string of the molecule is CSc1ncccc1C(=O)N1CCC[C@H](Oc2ccnc(C)n2)C1. The Balaban J connectivity index is 1.70. The number of likely N-dealkylation sites (tertiary alicyclic amines) is 1. The van der Waals surface area contributed by atoms with Gasteiger partial charge in [-0.25, -0.2) is 9.97 Å². The third-order valence-electron chi connectivity index (χ3n) is 3.90. The summed E-state index contributed by atoms with van der Waals surface area (Å²) in [6.07, 6.45) is 7.10. The first-order chi connectivity index (χ1) is 11.7. The summed E-state index contributed by atoms with van der Waals surface area (Å²) >= 11 is 1.49. The van der Waals surface area contributed by atoms with Crippen LogP contribution in [-0.4, -0.2) is 51.2 Å². The summed E-state index contributed by atoms with van der Waals surface area (Å²) in [5.74, 6) is 1.25. The van der Waals surface area contributed by atoms with Crippen LogP contribution in [0, 0.1) is 6.92 Å². The Labute approximate surface area is 145 Å². The predicted octanol–water partition coefficient (Wildman–Crippen LogP) is 2.59. The van der Waals surface area contributed by atoms with E-state index in [4.69, 9.17) is 4.74 Å². The van der Waals surface area contributed by atoms with Gasteiger partial charge in [0, 0.05) is 25.0 Å². The lowest BCUT2D eigenvalue weighted by Gasteiger charge is -2.32. The number of thioether (sulfide) groups is 1. The summed E-state index contributed by atoms with van der Waals surface area (Å²) < 4.78 is 5.94. The van der Waals surface area contributed by atoms with Crippen molar-refractivity contribution in [2.45, 2.75) is 30.9 Å². The number of carbonyl (C=O) groups excluding carboxylic acids is 1. The van der Waals surface area contributed by atoms with Crippen LogP contribution in [0.4, 0.5) is 0 Å². The van der Waals surface area contributed by atoms with Crippen LogP contribution in [0.5, 0.6) is 5.88 Å². The molecule has 6 nitrogen and oxygen atoms in total. The number of carbonyl (C=O) groups is 1. The van der Waals surface area contributed by atoms with Gasteiger partial charge in [0.05, 0.1) is 12.1 Å². The Morgan fingerprint density at radius 2 is 2.21 bits per heavy atom. The van der Waals surface area contributed by atoms with Crippen LogP contribution in [0.15, 0.2) is 35.6 Å². The summed E-state index contributed by atoms with van der Waals surface area (Å²) in [4.78, 5) is 27.3. The third kappa shape index (κ3) is 3.84. The van der Waals surface area contributed by atoms with Crippen molar-refractivity contribution in [3.8, 4) is 5.88 Å². The van der Waals surface area contributed by atoms with Crippen molar-refractivity contribution in [3.05, 3.63) is 42.0 Å². The number of pyridine rings is 1. The van der Waals surface area contributed by atoms with Crippen LogP contribution in [0.1, 0.15) is 29.0 Å². The van der Waals surface area contributed by atoms with Gasteiger partial charge >= 0.3 is 0 Å². The highest BCUT2D eigenvalue weighted by molar-refractivity contribution is 7.98.